The maximum Gasteiger partial charge on any atom is 0.321 e. The maximum atomic E-state index is 13.4. The van der Waals surface area contributed by atoms with E-state index in [4.69, 9.17) is 0 Å². The van der Waals surface area contributed by atoms with Gasteiger partial charge >= 0.3 is 6.03 Å². The fraction of sp³-hybridized carbons (Fsp3) is 0.391. The van der Waals surface area contributed by atoms with Crippen LogP contribution in [-0.2, 0) is 11.3 Å². The second kappa shape index (κ2) is 9.60. The smallest absolute Gasteiger partial charge is 0.321 e. The van der Waals surface area contributed by atoms with Crippen molar-refractivity contribution in [3.8, 4) is 0 Å². The van der Waals surface area contributed by atoms with Gasteiger partial charge in [-0.05, 0) is 42.7 Å². The molecule has 170 valence electrons. The van der Waals surface area contributed by atoms with Gasteiger partial charge in [-0.15, -0.1) is 0 Å². The fourth-order valence-corrected chi connectivity index (χ4v) is 4.31. The van der Waals surface area contributed by atoms with E-state index < -0.39 is 17.7 Å². The van der Waals surface area contributed by atoms with Crippen LogP contribution in [0.2, 0.25) is 0 Å². The molecule has 2 fully saturated rings. The van der Waals surface area contributed by atoms with Gasteiger partial charge in [0, 0.05) is 51.0 Å². The van der Waals surface area contributed by atoms with Crippen LogP contribution in [-0.4, -0.2) is 65.4 Å². The number of hydrogen-bond acceptors (Lipinski definition) is 3. The van der Waals surface area contributed by atoms with Gasteiger partial charge in [-0.25, -0.2) is 18.0 Å². The Labute approximate surface area is 184 Å². The van der Waals surface area contributed by atoms with Crippen molar-refractivity contribution < 1.29 is 22.8 Å². The standard InChI is InChI=1S/C23H25F3N4O2/c24-17-4-2-16(3-5-17)15-30-9-6-21(22(30)31)28-7-1-8-29(11-10-28)23(32)27-20-13-18(25)12-19(26)14-20/h2-5,12-14,21H,1,6-11,15H2,(H,27,32)/t21-/m1/s1. The number of halogens is 3. The number of urea groups is 1. The highest BCUT2D eigenvalue weighted by Gasteiger charge is 2.36. The number of rotatable bonds is 4. The van der Waals surface area contributed by atoms with Crippen LogP contribution in [0, 0.1) is 17.5 Å². The molecule has 0 saturated carbocycles. The SMILES string of the molecule is O=C(Nc1cc(F)cc(F)c1)N1CCCN([C@@H]2CCN(Cc3ccc(F)cc3)C2=O)CC1. The quantitative estimate of drug-likeness (QED) is 0.783. The van der Waals surface area contributed by atoms with Crippen LogP contribution in [0.3, 0.4) is 0 Å². The third-order valence-electron chi connectivity index (χ3n) is 5.93. The Morgan fingerprint density at radius 3 is 2.34 bits per heavy atom. The number of carbonyl (C=O) groups excluding carboxylic acids is 2. The number of hydrogen-bond donors (Lipinski definition) is 1. The van der Waals surface area contributed by atoms with Crippen molar-refractivity contribution in [3.05, 3.63) is 65.5 Å². The number of nitrogens with one attached hydrogen (secondary N) is 1. The topological polar surface area (TPSA) is 55.9 Å². The number of amides is 3. The number of carbonyl (C=O) groups is 2. The zero-order valence-corrected chi connectivity index (χ0v) is 17.6. The Morgan fingerprint density at radius 2 is 1.62 bits per heavy atom. The minimum absolute atomic E-state index is 0.0439. The summed E-state index contributed by atoms with van der Waals surface area (Å²) in [5, 5.41) is 2.54. The highest BCUT2D eigenvalue weighted by molar-refractivity contribution is 5.89. The van der Waals surface area contributed by atoms with Gasteiger partial charge in [-0.3, -0.25) is 9.69 Å². The molecule has 2 saturated heterocycles. The fourth-order valence-electron chi connectivity index (χ4n) is 4.31. The molecule has 32 heavy (non-hydrogen) atoms. The predicted octanol–water partition coefficient (Wildman–Crippen LogP) is 3.44. The second-order valence-corrected chi connectivity index (χ2v) is 8.16. The normalized spacial score (nSPS) is 19.8. The zero-order chi connectivity index (χ0) is 22.7. The Hall–Kier alpha value is -3.07. The van der Waals surface area contributed by atoms with E-state index in [1.165, 1.54) is 12.1 Å². The van der Waals surface area contributed by atoms with E-state index in [0.717, 1.165) is 23.8 Å². The lowest BCUT2D eigenvalue weighted by molar-refractivity contribution is -0.132. The molecule has 0 spiro atoms. The third kappa shape index (κ3) is 5.21. The monoisotopic (exact) mass is 446 g/mol. The molecule has 0 aromatic heterocycles. The molecule has 0 unspecified atom stereocenters. The first-order valence-corrected chi connectivity index (χ1v) is 10.7. The molecule has 0 aliphatic carbocycles. The average molecular weight is 446 g/mol. The summed E-state index contributed by atoms with van der Waals surface area (Å²) in [6.07, 6.45) is 1.39. The largest absolute Gasteiger partial charge is 0.337 e. The molecule has 2 aliphatic rings. The first-order valence-electron chi connectivity index (χ1n) is 10.7. The minimum Gasteiger partial charge on any atom is -0.337 e. The first kappa shape index (κ1) is 22.1. The molecule has 2 heterocycles. The van der Waals surface area contributed by atoms with E-state index in [1.54, 1.807) is 21.9 Å². The summed E-state index contributed by atoms with van der Waals surface area (Å²) in [6.45, 7) is 3.19. The molecule has 2 aromatic rings. The zero-order valence-electron chi connectivity index (χ0n) is 17.6. The van der Waals surface area contributed by atoms with Crippen LogP contribution in [0.4, 0.5) is 23.7 Å². The number of benzene rings is 2. The summed E-state index contributed by atoms with van der Waals surface area (Å²) in [5.74, 6) is -1.78. The van der Waals surface area contributed by atoms with Gasteiger partial charge in [-0.1, -0.05) is 12.1 Å². The molecule has 0 bridgehead atoms. The number of likely N-dealkylation sites (tertiary alicyclic amines) is 1. The molecule has 6 nitrogen and oxygen atoms in total. The number of nitrogens with zero attached hydrogens (tertiary/aromatic N) is 3. The Balaban J connectivity index is 1.32. The van der Waals surface area contributed by atoms with Crippen molar-refractivity contribution in [2.45, 2.75) is 25.4 Å². The summed E-state index contributed by atoms with van der Waals surface area (Å²) in [4.78, 5) is 31.0. The van der Waals surface area contributed by atoms with Gasteiger partial charge in [0.15, 0.2) is 0 Å². The Bertz CT molecular complexity index is 965. The minimum atomic E-state index is -0.757. The molecular weight excluding hydrogens is 421 g/mol. The van der Waals surface area contributed by atoms with Gasteiger partial charge in [0.05, 0.1) is 6.04 Å². The average Bonchev–Trinajstić information content (AvgIpc) is 2.95. The lowest BCUT2D eigenvalue weighted by Crippen LogP contribution is -2.44. The Morgan fingerprint density at radius 1 is 0.906 bits per heavy atom. The summed E-state index contributed by atoms with van der Waals surface area (Å²) >= 11 is 0. The lowest BCUT2D eigenvalue weighted by atomic mass is 10.2. The van der Waals surface area contributed by atoms with Gasteiger partial charge in [-0.2, -0.15) is 0 Å². The van der Waals surface area contributed by atoms with Crippen molar-refractivity contribution in [2.75, 3.05) is 38.0 Å². The van der Waals surface area contributed by atoms with Crippen LogP contribution in [0.1, 0.15) is 18.4 Å². The Kier molecular flexibility index (Phi) is 6.64. The van der Waals surface area contributed by atoms with Gasteiger partial charge in [0.25, 0.3) is 0 Å². The van der Waals surface area contributed by atoms with Gasteiger partial charge < -0.3 is 15.1 Å². The van der Waals surface area contributed by atoms with E-state index in [2.05, 4.69) is 10.2 Å². The second-order valence-electron chi connectivity index (χ2n) is 8.16. The summed E-state index contributed by atoms with van der Waals surface area (Å²) < 4.78 is 39.9. The molecule has 4 rings (SSSR count). The van der Waals surface area contributed by atoms with Gasteiger partial charge in [0.2, 0.25) is 5.91 Å². The van der Waals surface area contributed by atoms with E-state index in [1.807, 2.05) is 0 Å². The molecule has 1 N–H and O–H groups in total. The van der Waals surface area contributed by atoms with E-state index in [0.29, 0.717) is 52.1 Å². The lowest BCUT2D eigenvalue weighted by Gasteiger charge is -2.26. The highest BCUT2D eigenvalue weighted by Crippen LogP contribution is 2.22. The molecule has 1 atom stereocenters. The molecular formula is C23H25F3N4O2. The molecule has 0 radical (unpaired) electrons. The van der Waals surface area contributed by atoms with Crippen molar-refractivity contribution >= 4 is 17.6 Å². The van der Waals surface area contributed by atoms with Crippen LogP contribution < -0.4 is 5.32 Å². The number of anilines is 1. The molecule has 2 aromatic carbocycles. The summed E-state index contributed by atoms with van der Waals surface area (Å²) in [7, 11) is 0. The third-order valence-corrected chi connectivity index (χ3v) is 5.93. The van der Waals surface area contributed by atoms with Crippen LogP contribution in [0.25, 0.3) is 0 Å². The first-order chi connectivity index (χ1) is 15.4. The maximum absolute atomic E-state index is 13.4. The van der Waals surface area contributed by atoms with Crippen LogP contribution >= 0.6 is 0 Å². The summed E-state index contributed by atoms with van der Waals surface area (Å²) in [6, 6.07) is 8.36. The van der Waals surface area contributed by atoms with Crippen molar-refractivity contribution in [1.29, 1.82) is 0 Å². The molecule has 3 amide bonds. The molecule has 2 aliphatic heterocycles. The highest BCUT2D eigenvalue weighted by atomic mass is 19.1. The van der Waals surface area contributed by atoms with E-state index >= 15 is 0 Å². The predicted molar refractivity (Wildman–Crippen MR) is 113 cm³/mol. The van der Waals surface area contributed by atoms with E-state index in [9.17, 15) is 22.8 Å². The van der Waals surface area contributed by atoms with Crippen molar-refractivity contribution in [3.63, 3.8) is 0 Å². The van der Waals surface area contributed by atoms with Crippen LogP contribution in [0.15, 0.2) is 42.5 Å². The molecule has 9 heteroatoms. The summed E-state index contributed by atoms with van der Waals surface area (Å²) in [5.41, 5.74) is 0.948. The van der Waals surface area contributed by atoms with Crippen molar-refractivity contribution in [2.24, 2.45) is 0 Å². The van der Waals surface area contributed by atoms with Crippen LogP contribution in [0.5, 0.6) is 0 Å². The van der Waals surface area contributed by atoms with E-state index in [-0.39, 0.29) is 23.5 Å². The van der Waals surface area contributed by atoms with Crippen molar-refractivity contribution in [1.82, 2.24) is 14.7 Å². The van der Waals surface area contributed by atoms with Gasteiger partial charge in [0.1, 0.15) is 17.5 Å².